The molecule has 0 saturated heterocycles. The van der Waals surface area contributed by atoms with Crippen LogP contribution in [0.25, 0.3) is 5.65 Å². The highest BCUT2D eigenvalue weighted by atomic mass is 79.9. The molecule has 3 aromatic heterocycles. The normalized spacial score (nSPS) is 11.1. The van der Waals surface area contributed by atoms with Gasteiger partial charge in [0.25, 0.3) is 0 Å². The van der Waals surface area contributed by atoms with E-state index in [9.17, 15) is 0 Å². The first-order valence-corrected chi connectivity index (χ1v) is 8.10. The van der Waals surface area contributed by atoms with E-state index in [1.807, 2.05) is 16.8 Å². The third kappa shape index (κ3) is 2.98. The Hall–Kier alpha value is -0.920. The van der Waals surface area contributed by atoms with Crippen molar-refractivity contribution in [3.05, 3.63) is 44.0 Å². The van der Waals surface area contributed by atoms with Gasteiger partial charge in [-0.3, -0.25) is 0 Å². The predicted octanol–water partition coefficient (Wildman–Crippen LogP) is 3.97. The summed E-state index contributed by atoms with van der Waals surface area (Å²) in [7, 11) is 0. The minimum Gasteiger partial charge on any atom is -0.367 e. The molecule has 19 heavy (non-hydrogen) atoms. The van der Waals surface area contributed by atoms with Crippen LogP contribution in [0.5, 0.6) is 0 Å². The van der Waals surface area contributed by atoms with Crippen molar-refractivity contribution in [1.82, 2.24) is 14.4 Å². The van der Waals surface area contributed by atoms with Gasteiger partial charge in [-0.15, -0.1) is 11.3 Å². The average molecular weight is 402 g/mol. The van der Waals surface area contributed by atoms with Crippen molar-refractivity contribution >= 4 is 54.7 Å². The summed E-state index contributed by atoms with van der Waals surface area (Å²) in [5.41, 5.74) is 0.843. The van der Waals surface area contributed by atoms with Crippen molar-refractivity contribution in [2.75, 3.05) is 11.9 Å². The van der Waals surface area contributed by atoms with Crippen LogP contribution in [-0.2, 0) is 6.42 Å². The Bertz CT molecular complexity index is 707. The number of rotatable bonds is 4. The smallest absolute Gasteiger partial charge is 0.180 e. The van der Waals surface area contributed by atoms with Crippen molar-refractivity contribution in [3.63, 3.8) is 0 Å². The molecule has 0 saturated carbocycles. The van der Waals surface area contributed by atoms with Crippen LogP contribution in [0, 0.1) is 0 Å². The number of hydrogen-bond acceptors (Lipinski definition) is 4. The van der Waals surface area contributed by atoms with Gasteiger partial charge in [-0.2, -0.15) is 0 Å². The highest BCUT2D eigenvalue weighted by Crippen LogP contribution is 2.22. The first-order valence-electron chi connectivity index (χ1n) is 5.70. The molecule has 3 rings (SSSR count). The van der Waals surface area contributed by atoms with Gasteiger partial charge in [0.2, 0.25) is 0 Å². The Morgan fingerprint density at radius 3 is 3.00 bits per heavy atom. The molecule has 98 valence electrons. The highest BCUT2D eigenvalue weighted by Gasteiger charge is 2.06. The summed E-state index contributed by atoms with van der Waals surface area (Å²) in [6.07, 6.45) is 6.54. The van der Waals surface area contributed by atoms with Crippen LogP contribution in [-0.4, -0.2) is 20.9 Å². The summed E-state index contributed by atoms with van der Waals surface area (Å²) < 4.78 is 3.90. The van der Waals surface area contributed by atoms with Crippen LogP contribution in [0.2, 0.25) is 0 Å². The zero-order chi connectivity index (χ0) is 13.2. The Balaban J connectivity index is 1.73. The first kappa shape index (κ1) is 13.1. The number of nitrogens with zero attached hydrogens (tertiary/aromatic N) is 3. The molecule has 0 aliphatic heterocycles. The Morgan fingerprint density at radius 1 is 1.32 bits per heavy atom. The van der Waals surface area contributed by atoms with Crippen LogP contribution in [0.15, 0.2) is 39.1 Å². The largest absolute Gasteiger partial charge is 0.367 e. The molecule has 3 heterocycles. The minimum atomic E-state index is 0.791. The van der Waals surface area contributed by atoms with Gasteiger partial charge in [0, 0.05) is 30.0 Å². The molecule has 7 heteroatoms. The van der Waals surface area contributed by atoms with Gasteiger partial charge in [0.05, 0.1) is 3.79 Å². The third-order valence-electron chi connectivity index (χ3n) is 2.64. The lowest BCUT2D eigenvalue weighted by Gasteiger charge is -2.06. The number of thiophene rings is 1. The van der Waals surface area contributed by atoms with Crippen LogP contribution in [0.4, 0.5) is 5.82 Å². The Morgan fingerprint density at radius 2 is 2.21 bits per heavy atom. The Kier molecular flexibility index (Phi) is 3.86. The molecule has 0 amide bonds. The number of aromatic nitrogens is 3. The van der Waals surface area contributed by atoms with Crippen molar-refractivity contribution in [3.8, 4) is 0 Å². The van der Waals surface area contributed by atoms with Crippen LogP contribution < -0.4 is 5.32 Å². The highest BCUT2D eigenvalue weighted by molar-refractivity contribution is 9.11. The second kappa shape index (κ2) is 5.60. The topological polar surface area (TPSA) is 42.2 Å². The molecule has 0 atom stereocenters. The second-order valence-electron chi connectivity index (χ2n) is 3.95. The van der Waals surface area contributed by atoms with Crippen molar-refractivity contribution < 1.29 is 0 Å². The van der Waals surface area contributed by atoms with Crippen LogP contribution in [0.1, 0.15) is 4.88 Å². The summed E-state index contributed by atoms with van der Waals surface area (Å²) in [6, 6.07) is 4.21. The predicted molar refractivity (Wildman–Crippen MR) is 84.9 cm³/mol. The molecule has 0 radical (unpaired) electrons. The van der Waals surface area contributed by atoms with E-state index >= 15 is 0 Å². The van der Waals surface area contributed by atoms with Crippen LogP contribution in [0.3, 0.4) is 0 Å². The van der Waals surface area contributed by atoms with Gasteiger partial charge >= 0.3 is 0 Å². The fourth-order valence-corrected chi connectivity index (χ4v) is 3.69. The number of anilines is 1. The van der Waals surface area contributed by atoms with E-state index < -0.39 is 0 Å². The zero-order valence-electron chi connectivity index (χ0n) is 9.81. The standard InChI is InChI=1S/C12H10Br2N4S/c13-9-7-18-6-5-16-12(18)11(17-9)15-4-3-8-1-2-10(14)19-8/h1-2,5-7H,3-4H2,(H,15,17). The lowest BCUT2D eigenvalue weighted by Crippen LogP contribution is -2.07. The van der Waals surface area contributed by atoms with Crippen molar-refractivity contribution in [1.29, 1.82) is 0 Å². The molecular formula is C12H10Br2N4S. The van der Waals surface area contributed by atoms with Gasteiger partial charge in [-0.25, -0.2) is 9.97 Å². The summed E-state index contributed by atoms with van der Waals surface area (Å²) in [5, 5.41) is 3.34. The van der Waals surface area contributed by atoms with E-state index in [4.69, 9.17) is 0 Å². The van der Waals surface area contributed by atoms with E-state index in [0.29, 0.717) is 0 Å². The van der Waals surface area contributed by atoms with Gasteiger partial charge < -0.3 is 9.72 Å². The molecule has 0 unspecified atom stereocenters. The maximum Gasteiger partial charge on any atom is 0.180 e. The van der Waals surface area contributed by atoms with Gasteiger partial charge in [-0.1, -0.05) is 0 Å². The average Bonchev–Trinajstić information content (AvgIpc) is 2.98. The van der Waals surface area contributed by atoms with Gasteiger partial charge in [0.1, 0.15) is 4.60 Å². The number of fused-ring (bicyclic) bond motifs is 1. The maximum atomic E-state index is 4.43. The SMILES string of the molecule is Brc1cn2ccnc2c(NCCc2ccc(Br)s2)n1. The van der Waals surface area contributed by atoms with E-state index in [1.54, 1.807) is 17.5 Å². The fraction of sp³-hybridized carbons (Fsp3) is 0.167. The molecule has 1 N–H and O–H groups in total. The van der Waals surface area contributed by atoms with Gasteiger partial charge in [0.15, 0.2) is 11.5 Å². The molecular weight excluding hydrogens is 392 g/mol. The molecule has 4 nitrogen and oxygen atoms in total. The summed E-state index contributed by atoms with van der Waals surface area (Å²) in [6.45, 7) is 0.832. The molecule has 0 aliphatic carbocycles. The third-order valence-corrected chi connectivity index (χ3v) is 4.70. The minimum absolute atomic E-state index is 0.791. The fourth-order valence-electron chi connectivity index (χ4n) is 1.81. The molecule has 0 spiro atoms. The number of halogens is 2. The second-order valence-corrected chi connectivity index (χ2v) is 7.31. The lowest BCUT2D eigenvalue weighted by atomic mass is 10.3. The lowest BCUT2D eigenvalue weighted by molar-refractivity contribution is 1.01. The summed E-state index contributed by atoms with van der Waals surface area (Å²) in [4.78, 5) is 10.1. The number of hydrogen-bond donors (Lipinski definition) is 1. The first-order chi connectivity index (χ1) is 9.22. The van der Waals surface area contributed by atoms with E-state index in [1.165, 1.54) is 8.66 Å². The molecule has 0 aliphatic rings. The van der Waals surface area contributed by atoms with E-state index in [-0.39, 0.29) is 0 Å². The van der Waals surface area contributed by atoms with Crippen molar-refractivity contribution in [2.24, 2.45) is 0 Å². The molecule has 3 aromatic rings. The quantitative estimate of drug-likeness (QED) is 0.719. The maximum absolute atomic E-state index is 4.43. The molecule has 0 bridgehead atoms. The van der Waals surface area contributed by atoms with Gasteiger partial charge in [-0.05, 0) is 50.4 Å². The number of imidazole rings is 1. The molecule has 0 fully saturated rings. The van der Waals surface area contributed by atoms with E-state index in [0.717, 1.165) is 29.0 Å². The zero-order valence-corrected chi connectivity index (χ0v) is 13.8. The summed E-state index contributed by atoms with van der Waals surface area (Å²) >= 11 is 8.63. The Labute approximate surface area is 131 Å². The van der Waals surface area contributed by atoms with Crippen molar-refractivity contribution in [2.45, 2.75) is 6.42 Å². The summed E-state index contributed by atoms with van der Waals surface area (Å²) in [5.74, 6) is 0.801. The van der Waals surface area contributed by atoms with E-state index in [2.05, 4.69) is 59.3 Å². The number of nitrogens with one attached hydrogen (secondary N) is 1. The van der Waals surface area contributed by atoms with Crippen LogP contribution >= 0.6 is 43.2 Å². The monoisotopic (exact) mass is 400 g/mol. The molecule has 0 aromatic carbocycles.